The molecule has 1 aliphatic heterocycles. The van der Waals surface area contributed by atoms with Crippen LogP contribution in [0.2, 0.25) is 0 Å². The number of aromatic nitrogens is 4. The molecule has 0 N–H and O–H groups in total. The van der Waals surface area contributed by atoms with Crippen LogP contribution in [-0.4, -0.2) is 36.5 Å². The van der Waals surface area contributed by atoms with Crippen LogP contribution in [-0.2, 0) is 31.4 Å². The van der Waals surface area contributed by atoms with Crippen molar-refractivity contribution in [2.75, 3.05) is 6.54 Å². The Morgan fingerprint density at radius 2 is 1.76 bits per heavy atom. The predicted octanol–water partition coefficient (Wildman–Crippen LogP) is 2.05. The molecule has 2 aromatic heterocycles. The quantitative estimate of drug-likeness (QED) is 0.485. The summed E-state index contributed by atoms with van der Waals surface area (Å²) < 4.78 is 2.27. The highest BCUT2D eigenvalue weighted by molar-refractivity contribution is 5.78. The van der Waals surface area contributed by atoms with E-state index in [1.165, 1.54) is 16.3 Å². The third-order valence-electron chi connectivity index (χ3n) is 6.17. The summed E-state index contributed by atoms with van der Waals surface area (Å²) in [4.78, 5) is 49.6. The van der Waals surface area contributed by atoms with Crippen molar-refractivity contribution in [3.8, 4) is 11.4 Å². The van der Waals surface area contributed by atoms with Crippen molar-refractivity contribution in [2.24, 2.45) is 7.05 Å². The van der Waals surface area contributed by atoms with E-state index in [1.54, 1.807) is 11.9 Å². The van der Waals surface area contributed by atoms with Crippen molar-refractivity contribution in [2.45, 2.75) is 26.4 Å². The van der Waals surface area contributed by atoms with E-state index in [1.807, 2.05) is 49.4 Å². The number of hydrogen-bond acceptors (Lipinski definition) is 5. The highest BCUT2D eigenvalue weighted by atomic mass is 16.2. The van der Waals surface area contributed by atoms with Gasteiger partial charge in [0.2, 0.25) is 5.91 Å². The molecule has 166 valence electrons. The molecule has 33 heavy (non-hydrogen) atoms. The van der Waals surface area contributed by atoms with Gasteiger partial charge in [-0.25, -0.2) is 14.8 Å². The highest BCUT2D eigenvalue weighted by Gasteiger charge is 2.23. The van der Waals surface area contributed by atoms with E-state index in [2.05, 4.69) is 16.0 Å². The Morgan fingerprint density at radius 3 is 2.52 bits per heavy atom. The lowest BCUT2D eigenvalue weighted by atomic mass is 10.00. The second-order valence-corrected chi connectivity index (χ2v) is 8.36. The van der Waals surface area contributed by atoms with Crippen molar-refractivity contribution in [3.05, 3.63) is 92.3 Å². The molecule has 1 aliphatic rings. The first kappa shape index (κ1) is 20.8. The summed E-state index contributed by atoms with van der Waals surface area (Å²) in [5, 5.41) is 0.199. The van der Waals surface area contributed by atoms with Crippen molar-refractivity contribution in [1.82, 2.24) is 24.0 Å². The number of carbonyl (C=O) groups excluding carboxylic acids is 1. The molecule has 0 unspecified atom stereocenters. The van der Waals surface area contributed by atoms with Gasteiger partial charge in [-0.05, 0) is 24.5 Å². The Kier molecular flexibility index (Phi) is 5.12. The summed E-state index contributed by atoms with van der Waals surface area (Å²) >= 11 is 0. The van der Waals surface area contributed by atoms with Crippen LogP contribution in [0.5, 0.6) is 0 Å². The second kappa shape index (κ2) is 8.12. The molecule has 0 bridgehead atoms. The normalized spacial score (nSPS) is 13.2. The minimum absolute atomic E-state index is 0.199. The molecular weight excluding hydrogens is 418 g/mol. The van der Waals surface area contributed by atoms with Crippen LogP contribution in [0, 0.1) is 6.92 Å². The number of rotatable bonds is 3. The average Bonchev–Trinajstić information content (AvgIpc) is 2.85. The van der Waals surface area contributed by atoms with Gasteiger partial charge in [-0.2, -0.15) is 0 Å². The Morgan fingerprint density at radius 1 is 1.03 bits per heavy atom. The van der Waals surface area contributed by atoms with Gasteiger partial charge >= 0.3 is 5.69 Å². The molecule has 0 spiro atoms. The number of amides is 1. The average molecular weight is 441 g/mol. The summed E-state index contributed by atoms with van der Waals surface area (Å²) in [6.45, 7) is 2.70. The summed E-state index contributed by atoms with van der Waals surface area (Å²) in [5.74, 6) is 0.165. The van der Waals surface area contributed by atoms with Gasteiger partial charge in [0.25, 0.3) is 5.56 Å². The molecule has 0 fully saturated rings. The Balaban J connectivity index is 1.48. The Bertz CT molecular complexity index is 1500. The summed E-state index contributed by atoms with van der Waals surface area (Å²) in [6.07, 6.45) is 2.18. The number of nitrogens with zero attached hydrogens (tertiary/aromatic N) is 5. The van der Waals surface area contributed by atoms with E-state index in [9.17, 15) is 14.4 Å². The summed E-state index contributed by atoms with van der Waals surface area (Å²) in [5.41, 5.74) is 3.32. The van der Waals surface area contributed by atoms with Gasteiger partial charge in [-0.1, -0.05) is 54.1 Å². The van der Waals surface area contributed by atoms with Crippen molar-refractivity contribution < 1.29 is 4.79 Å². The molecule has 8 nitrogen and oxygen atoms in total. The number of hydrogen-bond donors (Lipinski definition) is 0. The lowest BCUT2D eigenvalue weighted by Gasteiger charge is -2.29. The molecule has 0 aliphatic carbocycles. The maximum atomic E-state index is 13.1. The van der Waals surface area contributed by atoms with Crippen LogP contribution in [0.3, 0.4) is 0 Å². The monoisotopic (exact) mass is 441 g/mol. The molecule has 8 heteroatoms. The molecule has 0 saturated heterocycles. The summed E-state index contributed by atoms with van der Waals surface area (Å²) in [7, 11) is 1.55. The van der Waals surface area contributed by atoms with Gasteiger partial charge in [0, 0.05) is 31.9 Å². The predicted molar refractivity (Wildman–Crippen MR) is 125 cm³/mol. The van der Waals surface area contributed by atoms with Gasteiger partial charge < -0.3 is 4.90 Å². The zero-order valence-electron chi connectivity index (χ0n) is 18.5. The van der Waals surface area contributed by atoms with Gasteiger partial charge in [0.15, 0.2) is 11.5 Å². The molecular formula is C25H23N5O3. The second-order valence-electron chi connectivity index (χ2n) is 8.36. The lowest BCUT2D eigenvalue weighted by molar-refractivity contribution is -0.132. The van der Waals surface area contributed by atoms with Crippen LogP contribution < -0.4 is 11.2 Å². The molecule has 0 saturated carbocycles. The first-order valence-corrected chi connectivity index (χ1v) is 10.8. The standard InChI is InChI=1S/C25H23N5O3/c1-16-7-9-18(10-8-16)22-26-13-20-23(27-22)28(2)25(33)30(24(20)32)15-21(31)29-12-11-17-5-3-4-6-19(17)14-29/h3-10,13H,11-12,14-15H2,1-2H3. The molecule has 5 rings (SSSR count). The zero-order chi connectivity index (χ0) is 23.1. The van der Waals surface area contributed by atoms with Crippen LogP contribution in [0.4, 0.5) is 0 Å². The number of fused-ring (bicyclic) bond motifs is 2. The maximum absolute atomic E-state index is 13.1. The van der Waals surface area contributed by atoms with E-state index in [0.717, 1.165) is 27.7 Å². The number of aryl methyl sites for hydroxylation is 2. The molecule has 1 amide bonds. The van der Waals surface area contributed by atoms with E-state index >= 15 is 0 Å². The lowest BCUT2D eigenvalue weighted by Crippen LogP contribution is -2.45. The SMILES string of the molecule is Cc1ccc(-c2ncc3c(=O)n(CC(=O)N4CCc5ccccc5C4)c(=O)n(C)c3n2)cc1. The van der Waals surface area contributed by atoms with Gasteiger partial charge in [-0.15, -0.1) is 0 Å². The third kappa shape index (κ3) is 3.73. The summed E-state index contributed by atoms with van der Waals surface area (Å²) in [6, 6.07) is 15.7. The fourth-order valence-electron chi connectivity index (χ4n) is 4.21. The van der Waals surface area contributed by atoms with E-state index in [0.29, 0.717) is 18.9 Å². The maximum Gasteiger partial charge on any atom is 0.332 e. The van der Waals surface area contributed by atoms with Gasteiger partial charge in [0.1, 0.15) is 11.9 Å². The number of benzene rings is 2. The highest BCUT2D eigenvalue weighted by Crippen LogP contribution is 2.19. The van der Waals surface area contributed by atoms with Crippen molar-refractivity contribution >= 4 is 16.9 Å². The minimum Gasteiger partial charge on any atom is -0.336 e. The fourth-order valence-corrected chi connectivity index (χ4v) is 4.21. The topological polar surface area (TPSA) is 90.1 Å². The van der Waals surface area contributed by atoms with Crippen molar-refractivity contribution in [3.63, 3.8) is 0 Å². The van der Waals surface area contributed by atoms with Crippen LogP contribution >= 0.6 is 0 Å². The Labute approximate surface area is 189 Å². The zero-order valence-corrected chi connectivity index (χ0v) is 18.5. The van der Waals surface area contributed by atoms with Crippen LogP contribution in [0.15, 0.2) is 64.3 Å². The Hall–Kier alpha value is -4.07. The van der Waals surface area contributed by atoms with E-state index < -0.39 is 11.2 Å². The van der Waals surface area contributed by atoms with Crippen LogP contribution in [0.1, 0.15) is 16.7 Å². The molecule has 4 aromatic rings. The van der Waals surface area contributed by atoms with Gasteiger partial charge in [0.05, 0.1) is 0 Å². The smallest absolute Gasteiger partial charge is 0.332 e. The first-order valence-electron chi connectivity index (χ1n) is 10.8. The molecule has 3 heterocycles. The largest absolute Gasteiger partial charge is 0.336 e. The van der Waals surface area contributed by atoms with Gasteiger partial charge in [-0.3, -0.25) is 18.7 Å². The molecule has 0 atom stereocenters. The van der Waals surface area contributed by atoms with Crippen molar-refractivity contribution in [1.29, 1.82) is 0 Å². The van der Waals surface area contributed by atoms with E-state index in [-0.39, 0.29) is 23.5 Å². The first-order chi connectivity index (χ1) is 15.9. The molecule has 2 aromatic carbocycles. The number of carbonyl (C=O) groups is 1. The minimum atomic E-state index is -0.577. The fraction of sp³-hybridized carbons (Fsp3) is 0.240. The third-order valence-corrected chi connectivity index (χ3v) is 6.17. The van der Waals surface area contributed by atoms with Crippen LogP contribution in [0.25, 0.3) is 22.4 Å². The van der Waals surface area contributed by atoms with E-state index in [4.69, 9.17) is 0 Å². The molecule has 0 radical (unpaired) electrons.